The number of hydrogen-bond donors (Lipinski definition) is 0. The molecule has 0 aliphatic rings. The van der Waals surface area contributed by atoms with Crippen LogP contribution >= 0.6 is 0 Å². The lowest BCUT2D eigenvalue weighted by Gasteiger charge is -1.99. The number of ketones is 1. The highest BCUT2D eigenvalue weighted by Gasteiger charge is 2.06. The summed E-state index contributed by atoms with van der Waals surface area (Å²) in [5.41, 5.74) is 1.70. The third-order valence-electron chi connectivity index (χ3n) is 2.30. The smallest absolute Gasteiger partial charge is 0.141 e. The molecular weight excluding hydrogens is 207 g/mol. The molecule has 0 saturated heterocycles. The summed E-state index contributed by atoms with van der Waals surface area (Å²) in [4.78, 5) is 11.6. The summed E-state index contributed by atoms with van der Waals surface area (Å²) in [6, 6.07) is 7.74. The van der Waals surface area contributed by atoms with E-state index in [-0.39, 0.29) is 11.6 Å². The number of Topliss-reactive ketones (excluding diaryl/α,β-unsaturated/α-hetero) is 1. The zero-order valence-electron chi connectivity index (χ0n) is 8.65. The van der Waals surface area contributed by atoms with E-state index in [0.717, 1.165) is 11.1 Å². The summed E-state index contributed by atoms with van der Waals surface area (Å²) in [5, 5.41) is 0. The molecule has 0 aliphatic heterocycles. The van der Waals surface area contributed by atoms with Gasteiger partial charge in [0.1, 0.15) is 11.6 Å². The predicted molar refractivity (Wildman–Crippen MR) is 57.5 cm³/mol. The first-order chi connectivity index (χ1) is 7.74. The minimum Gasteiger partial charge on any atom is -0.472 e. The first-order valence-electron chi connectivity index (χ1n) is 5.01. The Morgan fingerprint density at radius 1 is 1.06 bits per heavy atom. The Labute approximate surface area is 92.7 Å². The monoisotopic (exact) mass is 218 g/mol. The van der Waals surface area contributed by atoms with Crippen LogP contribution in [-0.4, -0.2) is 5.78 Å². The molecule has 0 bridgehead atoms. The molecule has 0 unspecified atom stereocenters. The van der Waals surface area contributed by atoms with Gasteiger partial charge >= 0.3 is 0 Å². The van der Waals surface area contributed by atoms with Gasteiger partial charge in [-0.15, -0.1) is 0 Å². The van der Waals surface area contributed by atoms with Crippen molar-refractivity contribution >= 4 is 5.78 Å². The number of rotatable bonds is 4. The van der Waals surface area contributed by atoms with Crippen molar-refractivity contribution in [3.05, 3.63) is 59.8 Å². The Kier molecular flexibility index (Phi) is 3.15. The summed E-state index contributed by atoms with van der Waals surface area (Å²) in [6.07, 6.45) is 3.78. The molecular formula is C13H11FO2. The topological polar surface area (TPSA) is 30.2 Å². The first-order valence-corrected chi connectivity index (χ1v) is 5.01. The molecule has 2 rings (SSSR count). The fourth-order valence-corrected chi connectivity index (χ4v) is 1.51. The lowest BCUT2D eigenvalue weighted by molar-refractivity contribution is -0.117. The van der Waals surface area contributed by atoms with Crippen LogP contribution in [-0.2, 0) is 17.6 Å². The molecule has 0 saturated carbocycles. The summed E-state index contributed by atoms with van der Waals surface area (Å²) in [7, 11) is 0. The zero-order valence-corrected chi connectivity index (χ0v) is 8.65. The lowest BCUT2D eigenvalue weighted by Crippen LogP contribution is -2.05. The van der Waals surface area contributed by atoms with E-state index in [2.05, 4.69) is 0 Å². The summed E-state index contributed by atoms with van der Waals surface area (Å²) in [5.74, 6) is -0.195. The normalized spacial score (nSPS) is 10.3. The molecule has 0 radical (unpaired) electrons. The van der Waals surface area contributed by atoms with Crippen LogP contribution in [0.2, 0.25) is 0 Å². The molecule has 0 spiro atoms. The van der Waals surface area contributed by atoms with Crippen LogP contribution in [0.1, 0.15) is 11.1 Å². The van der Waals surface area contributed by atoms with Crippen molar-refractivity contribution in [3.8, 4) is 0 Å². The van der Waals surface area contributed by atoms with Gasteiger partial charge in [0.25, 0.3) is 0 Å². The maximum absolute atomic E-state index is 12.6. The van der Waals surface area contributed by atoms with Gasteiger partial charge in [0, 0.05) is 12.8 Å². The first kappa shape index (κ1) is 10.6. The van der Waals surface area contributed by atoms with E-state index in [1.807, 2.05) is 0 Å². The minimum atomic E-state index is -0.286. The molecule has 2 aromatic rings. The van der Waals surface area contributed by atoms with Crippen LogP contribution in [0.25, 0.3) is 0 Å². The van der Waals surface area contributed by atoms with Crippen molar-refractivity contribution in [3.63, 3.8) is 0 Å². The maximum Gasteiger partial charge on any atom is 0.141 e. The van der Waals surface area contributed by atoms with Crippen LogP contribution < -0.4 is 0 Å². The molecule has 2 nitrogen and oxygen atoms in total. The highest BCUT2D eigenvalue weighted by Crippen LogP contribution is 2.07. The summed E-state index contributed by atoms with van der Waals surface area (Å²) < 4.78 is 17.5. The van der Waals surface area contributed by atoms with E-state index in [9.17, 15) is 9.18 Å². The fourth-order valence-electron chi connectivity index (χ4n) is 1.51. The van der Waals surface area contributed by atoms with Crippen LogP contribution in [0.4, 0.5) is 4.39 Å². The Morgan fingerprint density at radius 2 is 1.75 bits per heavy atom. The van der Waals surface area contributed by atoms with Crippen LogP contribution in [0.15, 0.2) is 47.3 Å². The van der Waals surface area contributed by atoms with Crippen molar-refractivity contribution in [2.45, 2.75) is 12.8 Å². The fraction of sp³-hybridized carbons (Fsp3) is 0.154. The van der Waals surface area contributed by atoms with E-state index < -0.39 is 0 Å². The second-order valence-electron chi connectivity index (χ2n) is 3.65. The van der Waals surface area contributed by atoms with Crippen molar-refractivity contribution in [2.75, 3.05) is 0 Å². The standard InChI is InChI=1S/C13H11FO2/c14-12-3-1-10(2-4-12)7-13(15)8-11-5-6-16-9-11/h1-6,9H,7-8H2. The van der Waals surface area contributed by atoms with Crippen LogP contribution in [0, 0.1) is 5.82 Å². The Hall–Kier alpha value is -1.90. The molecule has 16 heavy (non-hydrogen) atoms. The second-order valence-corrected chi connectivity index (χ2v) is 3.65. The van der Waals surface area contributed by atoms with Gasteiger partial charge in [0.15, 0.2) is 0 Å². The minimum absolute atomic E-state index is 0.0907. The molecule has 1 aromatic heterocycles. The van der Waals surface area contributed by atoms with Crippen LogP contribution in [0.5, 0.6) is 0 Å². The van der Waals surface area contributed by atoms with E-state index >= 15 is 0 Å². The van der Waals surface area contributed by atoms with Gasteiger partial charge in [-0.3, -0.25) is 4.79 Å². The van der Waals surface area contributed by atoms with E-state index in [0.29, 0.717) is 12.8 Å². The Balaban J connectivity index is 1.95. The van der Waals surface area contributed by atoms with Gasteiger partial charge in [0.05, 0.1) is 12.5 Å². The molecule has 82 valence electrons. The number of furan rings is 1. The molecule has 0 fully saturated rings. The zero-order chi connectivity index (χ0) is 11.4. The van der Waals surface area contributed by atoms with Crippen molar-refractivity contribution < 1.29 is 13.6 Å². The van der Waals surface area contributed by atoms with Gasteiger partial charge in [-0.05, 0) is 29.3 Å². The molecule has 1 heterocycles. The number of halogens is 1. The molecule has 0 aliphatic carbocycles. The molecule has 3 heteroatoms. The summed E-state index contributed by atoms with van der Waals surface area (Å²) >= 11 is 0. The van der Waals surface area contributed by atoms with Gasteiger partial charge in [0.2, 0.25) is 0 Å². The predicted octanol–water partition coefficient (Wildman–Crippen LogP) is 2.77. The average Bonchev–Trinajstić information content (AvgIpc) is 2.74. The molecule has 1 aromatic carbocycles. The maximum atomic E-state index is 12.6. The van der Waals surface area contributed by atoms with Gasteiger partial charge in [-0.25, -0.2) is 4.39 Å². The molecule has 0 N–H and O–H groups in total. The SMILES string of the molecule is O=C(Cc1ccc(F)cc1)Cc1ccoc1. The number of benzene rings is 1. The van der Waals surface area contributed by atoms with Gasteiger partial charge < -0.3 is 4.42 Å². The molecule has 0 atom stereocenters. The third-order valence-corrected chi connectivity index (χ3v) is 2.30. The highest BCUT2D eigenvalue weighted by atomic mass is 19.1. The molecule has 0 amide bonds. The lowest BCUT2D eigenvalue weighted by atomic mass is 10.0. The Bertz CT molecular complexity index is 457. The Morgan fingerprint density at radius 3 is 2.38 bits per heavy atom. The van der Waals surface area contributed by atoms with E-state index in [1.165, 1.54) is 12.1 Å². The van der Waals surface area contributed by atoms with Gasteiger partial charge in [-0.2, -0.15) is 0 Å². The highest BCUT2D eigenvalue weighted by molar-refractivity contribution is 5.82. The van der Waals surface area contributed by atoms with E-state index in [1.54, 1.807) is 30.7 Å². The van der Waals surface area contributed by atoms with E-state index in [4.69, 9.17) is 4.42 Å². The largest absolute Gasteiger partial charge is 0.472 e. The summed E-state index contributed by atoms with van der Waals surface area (Å²) in [6.45, 7) is 0. The quantitative estimate of drug-likeness (QED) is 0.789. The number of hydrogen-bond acceptors (Lipinski definition) is 2. The number of carbonyl (C=O) groups excluding carboxylic acids is 1. The average molecular weight is 218 g/mol. The number of carbonyl (C=O) groups is 1. The second kappa shape index (κ2) is 4.75. The van der Waals surface area contributed by atoms with Crippen molar-refractivity contribution in [2.24, 2.45) is 0 Å². The third kappa shape index (κ3) is 2.79. The van der Waals surface area contributed by atoms with Crippen molar-refractivity contribution in [1.82, 2.24) is 0 Å². The van der Waals surface area contributed by atoms with Crippen LogP contribution in [0.3, 0.4) is 0 Å². The van der Waals surface area contributed by atoms with Gasteiger partial charge in [-0.1, -0.05) is 12.1 Å². The van der Waals surface area contributed by atoms with Crippen molar-refractivity contribution in [1.29, 1.82) is 0 Å².